The molecular weight excluding hydrogens is 258 g/mol. The summed E-state index contributed by atoms with van der Waals surface area (Å²) >= 11 is 0. The number of nitrogens with zero attached hydrogens (tertiary/aromatic N) is 1. The molecule has 106 valence electrons. The molecule has 0 aliphatic carbocycles. The lowest BCUT2D eigenvalue weighted by molar-refractivity contribution is 0.0952. The molecule has 0 saturated heterocycles. The summed E-state index contributed by atoms with van der Waals surface area (Å²) in [6.07, 6.45) is 1.55. The first kappa shape index (κ1) is 13.9. The molecule has 0 unspecified atom stereocenters. The maximum atomic E-state index is 12.1. The van der Waals surface area contributed by atoms with Crippen LogP contribution in [0.4, 0.5) is 5.69 Å². The van der Waals surface area contributed by atoms with Gasteiger partial charge in [-0.2, -0.15) is 0 Å². The summed E-state index contributed by atoms with van der Waals surface area (Å²) in [5.74, 6) is 0.784. The Labute approximate surface area is 116 Å². The highest BCUT2D eigenvalue weighted by molar-refractivity contribution is 6.12. The SMILES string of the molecule is CCNC(=O)c1nccc2c(OC)c(OC)cc(N)c12. The second-order valence-electron chi connectivity index (χ2n) is 4.14. The number of nitrogens with one attached hydrogen (secondary N) is 1. The lowest BCUT2D eigenvalue weighted by Crippen LogP contribution is -2.24. The highest BCUT2D eigenvalue weighted by Gasteiger charge is 2.18. The first-order chi connectivity index (χ1) is 9.63. The largest absolute Gasteiger partial charge is 0.493 e. The molecule has 1 aromatic carbocycles. The predicted molar refractivity (Wildman–Crippen MR) is 77.3 cm³/mol. The van der Waals surface area contributed by atoms with E-state index in [-0.39, 0.29) is 11.6 Å². The molecule has 0 bridgehead atoms. The molecule has 0 saturated carbocycles. The first-order valence-electron chi connectivity index (χ1n) is 6.21. The van der Waals surface area contributed by atoms with Crippen molar-refractivity contribution in [3.63, 3.8) is 0 Å². The van der Waals surface area contributed by atoms with E-state index in [1.807, 2.05) is 6.92 Å². The number of pyridine rings is 1. The van der Waals surface area contributed by atoms with Crippen LogP contribution >= 0.6 is 0 Å². The van der Waals surface area contributed by atoms with Crippen LogP contribution in [0.5, 0.6) is 11.5 Å². The molecule has 0 spiro atoms. The molecule has 3 N–H and O–H groups in total. The summed E-state index contributed by atoms with van der Waals surface area (Å²) in [5, 5.41) is 3.98. The van der Waals surface area contributed by atoms with Gasteiger partial charge in [0, 0.05) is 35.3 Å². The first-order valence-corrected chi connectivity index (χ1v) is 6.21. The fourth-order valence-electron chi connectivity index (χ4n) is 2.13. The van der Waals surface area contributed by atoms with Crippen molar-refractivity contribution in [2.24, 2.45) is 0 Å². The number of carbonyl (C=O) groups excluding carboxylic acids is 1. The monoisotopic (exact) mass is 275 g/mol. The molecule has 2 rings (SSSR count). The molecule has 0 atom stereocenters. The van der Waals surface area contributed by atoms with Gasteiger partial charge >= 0.3 is 0 Å². The van der Waals surface area contributed by atoms with Crippen LogP contribution < -0.4 is 20.5 Å². The van der Waals surface area contributed by atoms with Crippen LogP contribution in [0.15, 0.2) is 18.3 Å². The van der Waals surface area contributed by atoms with E-state index in [4.69, 9.17) is 15.2 Å². The Kier molecular flexibility index (Phi) is 3.93. The fourth-order valence-corrected chi connectivity index (χ4v) is 2.13. The molecule has 1 aromatic heterocycles. The lowest BCUT2D eigenvalue weighted by Gasteiger charge is -2.14. The van der Waals surface area contributed by atoms with Gasteiger partial charge in [-0.1, -0.05) is 0 Å². The number of nitrogens with two attached hydrogens (primary N) is 1. The van der Waals surface area contributed by atoms with Crippen LogP contribution in [-0.2, 0) is 0 Å². The summed E-state index contributed by atoms with van der Waals surface area (Å²) in [4.78, 5) is 16.2. The Bertz CT molecular complexity index is 656. The van der Waals surface area contributed by atoms with Crippen molar-refractivity contribution < 1.29 is 14.3 Å². The van der Waals surface area contributed by atoms with Gasteiger partial charge in [0.1, 0.15) is 5.69 Å². The molecule has 2 aromatic rings. The minimum Gasteiger partial charge on any atom is -0.493 e. The van der Waals surface area contributed by atoms with Gasteiger partial charge in [-0.25, -0.2) is 0 Å². The van der Waals surface area contributed by atoms with E-state index >= 15 is 0 Å². The zero-order valence-electron chi connectivity index (χ0n) is 11.7. The summed E-state index contributed by atoms with van der Waals surface area (Å²) in [7, 11) is 3.08. The Balaban J connectivity index is 2.78. The van der Waals surface area contributed by atoms with E-state index in [0.717, 1.165) is 0 Å². The summed E-state index contributed by atoms with van der Waals surface area (Å²) in [6.45, 7) is 2.36. The molecule has 6 heteroatoms. The van der Waals surface area contributed by atoms with E-state index in [9.17, 15) is 4.79 Å². The molecule has 0 aliphatic rings. The summed E-state index contributed by atoms with van der Waals surface area (Å²) in [6, 6.07) is 3.38. The van der Waals surface area contributed by atoms with Crippen LogP contribution in [0.25, 0.3) is 10.8 Å². The van der Waals surface area contributed by atoms with E-state index < -0.39 is 0 Å². The number of fused-ring (bicyclic) bond motifs is 1. The molecule has 0 radical (unpaired) electrons. The molecule has 6 nitrogen and oxygen atoms in total. The Morgan fingerprint density at radius 2 is 2.15 bits per heavy atom. The third-order valence-corrected chi connectivity index (χ3v) is 2.97. The van der Waals surface area contributed by atoms with Crippen molar-refractivity contribution in [1.29, 1.82) is 0 Å². The molecule has 1 heterocycles. The highest BCUT2D eigenvalue weighted by Crippen LogP contribution is 2.39. The Morgan fingerprint density at radius 3 is 2.75 bits per heavy atom. The minimum atomic E-state index is -0.267. The van der Waals surface area contributed by atoms with Crippen molar-refractivity contribution in [3.8, 4) is 11.5 Å². The average molecular weight is 275 g/mol. The van der Waals surface area contributed by atoms with Gasteiger partial charge in [0.25, 0.3) is 5.91 Å². The number of amides is 1. The number of carbonyl (C=O) groups is 1. The Hall–Kier alpha value is -2.50. The van der Waals surface area contributed by atoms with Gasteiger partial charge in [0.2, 0.25) is 0 Å². The van der Waals surface area contributed by atoms with Crippen LogP contribution in [-0.4, -0.2) is 31.7 Å². The van der Waals surface area contributed by atoms with E-state index in [1.165, 1.54) is 7.11 Å². The zero-order chi connectivity index (χ0) is 14.7. The van der Waals surface area contributed by atoms with Crippen molar-refractivity contribution >= 4 is 22.4 Å². The number of anilines is 1. The molecule has 0 fully saturated rings. The van der Waals surface area contributed by atoms with Crippen molar-refractivity contribution in [3.05, 3.63) is 24.0 Å². The van der Waals surface area contributed by atoms with Gasteiger partial charge in [-0.05, 0) is 13.0 Å². The maximum Gasteiger partial charge on any atom is 0.270 e. The van der Waals surface area contributed by atoms with E-state index in [2.05, 4.69) is 10.3 Å². The van der Waals surface area contributed by atoms with Crippen molar-refractivity contribution in [2.75, 3.05) is 26.5 Å². The van der Waals surface area contributed by atoms with E-state index in [0.29, 0.717) is 34.5 Å². The number of rotatable bonds is 4. The van der Waals surface area contributed by atoms with Gasteiger partial charge in [-0.15, -0.1) is 0 Å². The number of hydrogen-bond donors (Lipinski definition) is 2. The maximum absolute atomic E-state index is 12.1. The van der Waals surface area contributed by atoms with Crippen LogP contribution in [0.3, 0.4) is 0 Å². The second kappa shape index (κ2) is 5.64. The van der Waals surface area contributed by atoms with E-state index in [1.54, 1.807) is 25.4 Å². The fraction of sp³-hybridized carbons (Fsp3) is 0.286. The topological polar surface area (TPSA) is 86.5 Å². The van der Waals surface area contributed by atoms with Crippen LogP contribution in [0.1, 0.15) is 17.4 Å². The van der Waals surface area contributed by atoms with Gasteiger partial charge in [-0.3, -0.25) is 9.78 Å². The number of hydrogen-bond acceptors (Lipinski definition) is 5. The molecular formula is C14H17N3O3. The predicted octanol–water partition coefficient (Wildman–Crippen LogP) is 1.58. The smallest absolute Gasteiger partial charge is 0.270 e. The number of ether oxygens (including phenoxy) is 2. The minimum absolute atomic E-state index is 0.267. The normalized spacial score (nSPS) is 10.3. The quantitative estimate of drug-likeness (QED) is 0.827. The highest BCUT2D eigenvalue weighted by atomic mass is 16.5. The Morgan fingerprint density at radius 1 is 1.40 bits per heavy atom. The van der Waals surface area contributed by atoms with Crippen LogP contribution in [0, 0.1) is 0 Å². The molecule has 20 heavy (non-hydrogen) atoms. The van der Waals surface area contributed by atoms with Crippen molar-refractivity contribution in [2.45, 2.75) is 6.92 Å². The number of aromatic nitrogens is 1. The lowest BCUT2D eigenvalue weighted by atomic mass is 10.1. The third kappa shape index (κ3) is 2.20. The number of methoxy groups -OCH3 is 2. The molecule has 0 aliphatic heterocycles. The van der Waals surface area contributed by atoms with Crippen molar-refractivity contribution in [1.82, 2.24) is 10.3 Å². The van der Waals surface area contributed by atoms with Gasteiger partial charge in [0.15, 0.2) is 11.5 Å². The number of benzene rings is 1. The average Bonchev–Trinajstić information content (AvgIpc) is 2.46. The summed E-state index contributed by atoms with van der Waals surface area (Å²) in [5.41, 5.74) is 6.74. The number of nitrogen functional groups attached to an aromatic ring is 1. The van der Waals surface area contributed by atoms with Crippen LogP contribution in [0.2, 0.25) is 0 Å². The second-order valence-corrected chi connectivity index (χ2v) is 4.14. The molecule has 1 amide bonds. The summed E-state index contributed by atoms with van der Waals surface area (Å²) < 4.78 is 10.6. The van der Waals surface area contributed by atoms with Gasteiger partial charge in [0.05, 0.1) is 14.2 Å². The standard InChI is InChI=1S/C14H17N3O3/c1-4-16-14(18)12-11-8(5-6-17-12)13(20-3)10(19-2)7-9(11)15/h5-7H,4,15H2,1-3H3,(H,16,18). The van der Waals surface area contributed by atoms with Gasteiger partial charge < -0.3 is 20.5 Å². The third-order valence-electron chi connectivity index (χ3n) is 2.97. The zero-order valence-corrected chi connectivity index (χ0v) is 11.7.